The highest BCUT2D eigenvalue weighted by molar-refractivity contribution is 5.91. The van der Waals surface area contributed by atoms with Gasteiger partial charge < -0.3 is 13.9 Å². The lowest BCUT2D eigenvalue weighted by molar-refractivity contribution is 0.0471. The first-order valence-electron chi connectivity index (χ1n) is 9.56. The summed E-state index contributed by atoms with van der Waals surface area (Å²) in [4.78, 5) is 24.6. The number of para-hydroxylation sites is 1. The number of carbonyl (C=O) groups excluding carboxylic acids is 1. The van der Waals surface area contributed by atoms with Crippen molar-refractivity contribution < 1.29 is 18.7 Å². The molecule has 0 radical (unpaired) electrons. The molecular formula is C25H20O5. The molecule has 0 spiro atoms. The molecule has 5 heteroatoms. The number of benzene rings is 3. The maximum Gasteiger partial charge on any atom is 0.338 e. The molecule has 1 heterocycles. The maximum absolute atomic E-state index is 12.7. The highest BCUT2D eigenvalue weighted by Gasteiger charge is 2.15. The summed E-state index contributed by atoms with van der Waals surface area (Å²) in [6.07, 6.45) is 0. The Morgan fingerprint density at radius 2 is 1.63 bits per heavy atom. The van der Waals surface area contributed by atoms with E-state index in [1.165, 1.54) is 6.07 Å². The lowest BCUT2D eigenvalue weighted by Crippen LogP contribution is -2.11. The zero-order valence-electron chi connectivity index (χ0n) is 16.5. The molecule has 150 valence electrons. The molecule has 4 aromatic rings. The molecule has 0 amide bonds. The lowest BCUT2D eigenvalue weighted by Gasteiger charge is -2.12. The summed E-state index contributed by atoms with van der Waals surface area (Å²) < 4.78 is 16.5. The van der Waals surface area contributed by atoms with E-state index in [1.807, 2.05) is 61.5 Å². The Hall–Kier alpha value is -3.86. The Morgan fingerprint density at radius 3 is 2.47 bits per heavy atom. The second-order valence-corrected chi connectivity index (χ2v) is 6.93. The van der Waals surface area contributed by atoms with Gasteiger partial charge in [-0.25, -0.2) is 9.59 Å². The average molecular weight is 400 g/mol. The Balaban J connectivity index is 1.51. The molecule has 0 N–H and O–H groups in total. The van der Waals surface area contributed by atoms with Crippen molar-refractivity contribution in [3.8, 4) is 5.75 Å². The fourth-order valence-corrected chi connectivity index (χ4v) is 3.20. The standard InChI is InChI=1S/C25H20O5/c1-17-11-12-21-19(14-24(26)30-23(21)13-17)16-29-25(27)22-10-6-5-7-18(22)15-28-20-8-3-2-4-9-20/h2-14H,15-16H2,1H3. The fraction of sp³-hybridized carbons (Fsp3) is 0.120. The van der Waals surface area contributed by atoms with Crippen LogP contribution in [0, 0.1) is 6.92 Å². The Labute approximate surface area is 173 Å². The largest absolute Gasteiger partial charge is 0.489 e. The number of esters is 1. The number of hydrogen-bond acceptors (Lipinski definition) is 5. The fourth-order valence-electron chi connectivity index (χ4n) is 3.20. The van der Waals surface area contributed by atoms with Gasteiger partial charge in [0.25, 0.3) is 0 Å². The van der Waals surface area contributed by atoms with Gasteiger partial charge in [0.1, 0.15) is 24.5 Å². The molecule has 0 aliphatic rings. The molecule has 5 nitrogen and oxygen atoms in total. The molecule has 3 aromatic carbocycles. The quantitative estimate of drug-likeness (QED) is 0.335. The second-order valence-electron chi connectivity index (χ2n) is 6.93. The Bertz CT molecular complexity index is 1240. The van der Waals surface area contributed by atoms with Crippen molar-refractivity contribution in [1.29, 1.82) is 0 Å². The lowest BCUT2D eigenvalue weighted by atomic mass is 10.1. The van der Waals surface area contributed by atoms with E-state index in [2.05, 4.69) is 0 Å². The smallest absolute Gasteiger partial charge is 0.338 e. The van der Waals surface area contributed by atoms with Gasteiger partial charge in [-0.3, -0.25) is 0 Å². The van der Waals surface area contributed by atoms with Crippen LogP contribution in [0.15, 0.2) is 88.1 Å². The van der Waals surface area contributed by atoms with Gasteiger partial charge in [-0.05, 0) is 36.8 Å². The molecule has 0 saturated heterocycles. The maximum atomic E-state index is 12.7. The van der Waals surface area contributed by atoms with E-state index in [1.54, 1.807) is 18.2 Å². The van der Waals surface area contributed by atoms with E-state index in [4.69, 9.17) is 13.9 Å². The predicted octanol–water partition coefficient (Wildman–Crippen LogP) is 5.04. The minimum atomic E-state index is -0.476. The number of rotatable bonds is 6. The minimum absolute atomic E-state index is 0.0299. The molecule has 0 unspecified atom stereocenters. The summed E-state index contributed by atoms with van der Waals surface area (Å²) in [6, 6.07) is 23.5. The van der Waals surface area contributed by atoms with Gasteiger partial charge in [-0.1, -0.05) is 48.5 Å². The van der Waals surface area contributed by atoms with Crippen LogP contribution in [0.25, 0.3) is 11.0 Å². The second kappa shape index (κ2) is 8.66. The summed E-state index contributed by atoms with van der Waals surface area (Å²) in [5, 5.41) is 0.744. The van der Waals surface area contributed by atoms with Gasteiger partial charge in [0, 0.05) is 22.6 Å². The zero-order valence-corrected chi connectivity index (χ0v) is 16.5. The number of aryl methyl sites for hydroxylation is 1. The van der Waals surface area contributed by atoms with Crippen LogP contribution in [-0.4, -0.2) is 5.97 Å². The highest BCUT2D eigenvalue weighted by Crippen LogP contribution is 2.21. The van der Waals surface area contributed by atoms with Gasteiger partial charge >= 0.3 is 11.6 Å². The summed E-state index contributed by atoms with van der Waals surface area (Å²) in [5.41, 5.74) is 2.73. The average Bonchev–Trinajstić information content (AvgIpc) is 2.76. The molecule has 1 aromatic heterocycles. The summed E-state index contributed by atoms with van der Waals surface area (Å²) in [6.45, 7) is 2.13. The van der Waals surface area contributed by atoms with E-state index < -0.39 is 11.6 Å². The van der Waals surface area contributed by atoms with Gasteiger partial charge in [0.15, 0.2) is 0 Å². The first kappa shape index (κ1) is 19.5. The summed E-state index contributed by atoms with van der Waals surface area (Å²) in [5.74, 6) is 0.245. The molecule has 4 rings (SSSR count). The van der Waals surface area contributed by atoms with Crippen molar-refractivity contribution in [2.45, 2.75) is 20.1 Å². The highest BCUT2D eigenvalue weighted by atomic mass is 16.5. The third-order valence-electron chi connectivity index (χ3n) is 4.72. The monoisotopic (exact) mass is 400 g/mol. The van der Waals surface area contributed by atoms with Crippen LogP contribution in [-0.2, 0) is 18.0 Å². The summed E-state index contributed by atoms with van der Waals surface area (Å²) >= 11 is 0. The molecule has 0 fully saturated rings. The van der Waals surface area contributed by atoms with Gasteiger partial charge in [0.2, 0.25) is 0 Å². The number of ether oxygens (including phenoxy) is 2. The topological polar surface area (TPSA) is 65.7 Å². The van der Waals surface area contributed by atoms with Crippen LogP contribution >= 0.6 is 0 Å². The number of carbonyl (C=O) groups is 1. The van der Waals surface area contributed by atoms with Crippen LogP contribution in [0.2, 0.25) is 0 Å². The molecule has 30 heavy (non-hydrogen) atoms. The van der Waals surface area contributed by atoms with Gasteiger partial charge in [0.05, 0.1) is 5.56 Å². The van der Waals surface area contributed by atoms with E-state index >= 15 is 0 Å². The van der Waals surface area contributed by atoms with E-state index in [0.717, 1.165) is 22.3 Å². The normalized spacial score (nSPS) is 10.7. The first-order valence-corrected chi connectivity index (χ1v) is 9.56. The number of fused-ring (bicyclic) bond motifs is 1. The van der Waals surface area contributed by atoms with E-state index in [9.17, 15) is 9.59 Å². The van der Waals surface area contributed by atoms with Crippen molar-refractivity contribution >= 4 is 16.9 Å². The third-order valence-corrected chi connectivity index (χ3v) is 4.72. The van der Waals surface area contributed by atoms with Crippen molar-refractivity contribution in [3.63, 3.8) is 0 Å². The van der Waals surface area contributed by atoms with Gasteiger partial charge in [-0.15, -0.1) is 0 Å². The Morgan fingerprint density at radius 1 is 0.867 bits per heavy atom. The minimum Gasteiger partial charge on any atom is -0.489 e. The first-order chi connectivity index (χ1) is 14.6. The molecule has 0 bridgehead atoms. The summed E-state index contributed by atoms with van der Waals surface area (Å²) in [7, 11) is 0. The zero-order chi connectivity index (χ0) is 20.9. The predicted molar refractivity (Wildman–Crippen MR) is 114 cm³/mol. The van der Waals surface area contributed by atoms with Crippen molar-refractivity contribution in [3.05, 3.63) is 112 Å². The molecule has 0 atom stereocenters. The van der Waals surface area contributed by atoms with Crippen molar-refractivity contribution in [2.24, 2.45) is 0 Å². The molecule has 0 aliphatic carbocycles. The third kappa shape index (κ3) is 4.41. The molecular weight excluding hydrogens is 380 g/mol. The van der Waals surface area contributed by atoms with Gasteiger partial charge in [-0.2, -0.15) is 0 Å². The number of hydrogen-bond donors (Lipinski definition) is 0. The van der Waals surface area contributed by atoms with E-state index in [0.29, 0.717) is 16.7 Å². The molecule has 0 saturated carbocycles. The van der Waals surface area contributed by atoms with Crippen molar-refractivity contribution in [1.82, 2.24) is 0 Å². The van der Waals surface area contributed by atoms with Crippen LogP contribution in [0.3, 0.4) is 0 Å². The van der Waals surface area contributed by atoms with Crippen molar-refractivity contribution in [2.75, 3.05) is 0 Å². The Kier molecular flexibility index (Phi) is 5.61. The molecule has 0 aliphatic heterocycles. The van der Waals surface area contributed by atoms with Crippen LogP contribution < -0.4 is 10.4 Å². The van der Waals surface area contributed by atoms with Crippen LogP contribution in [0.4, 0.5) is 0 Å². The van der Waals surface area contributed by atoms with E-state index in [-0.39, 0.29) is 13.2 Å². The van der Waals surface area contributed by atoms with Crippen LogP contribution in [0.5, 0.6) is 5.75 Å². The van der Waals surface area contributed by atoms with Crippen LogP contribution in [0.1, 0.15) is 27.0 Å². The SMILES string of the molecule is Cc1ccc2c(COC(=O)c3ccccc3COc3ccccc3)cc(=O)oc2c1.